The largest absolute Gasteiger partial charge is 0.376 e. The van der Waals surface area contributed by atoms with Crippen molar-refractivity contribution in [3.05, 3.63) is 36.2 Å². The summed E-state index contributed by atoms with van der Waals surface area (Å²) >= 11 is 0. The number of nitrogens with zero attached hydrogens (tertiary/aromatic N) is 5. The Labute approximate surface area is 144 Å². The third-order valence-corrected chi connectivity index (χ3v) is 4.91. The molecular weight excluding hydrogens is 327 g/mol. The summed E-state index contributed by atoms with van der Waals surface area (Å²) in [4.78, 5) is 22.3. The van der Waals surface area contributed by atoms with Gasteiger partial charge in [-0.15, -0.1) is 0 Å². The predicted octanol–water partition coefficient (Wildman–Crippen LogP) is 0.230. The molecule has 9 heteroatoms. The van der Waals surface area contributed by atoms with E-state index < -0.39 is 5.82 Å². The van der Waals surface area contributed by atoms with Crippen LogP contribution in [0.5, 0.6) is 0 Å². The van der Waals surface area contributed by atoms with Crippen LogP contribution >= 0.6 is 0 Å². The summed E-state index contributed by atoms with van der Waals surface area (Å²) in [5.41, 5.74) is 0.531. The number of fused-ring (bicyclic) bond motifs is 1. The fraction of sp³-hybridized carbons (Fsp3) is 0.500. The highest BCUT2D eigenvalue weighted by atomic mass is 19.1. The molecule has 8 nitrogen and oxygen atoms in total. The molecule has 0 saturated carbocycles. The number of aryl methyl sites for hydroxylation is 1. The van der Waals surface area contributed by atoms with Crippen molar-refractivity contribution >= 4 is 11.9 Å². The number of rotatable bonds is 4. The van der Waals surface area contributed by atoms with Crippen LogP contribution < -0.4 is 10.2 Å². The Morgan fingerprint density at radius 1 is 1.40 bits per heavy atom. The summed E-state index contributed by atoms with van der Waals surface area (Å²) in [5.74, 6) is 0.445. The van der Waals surface area contributed by atoms with Crippen molar-refractivity contribution in [2.75, 3.05) is 31.1 Å². The standard InChI is InChI=1S/C16H19FN6O2/c1-22-13(2-3-21-22)15(24)18-4-10-9-25-14-8-23(7-12(10)14)16-19-5-11(17)6-20-16/h2-3,5-6,10,12,14H,4,7-9H2,1H3,(H,18,24)/t10-,12+,14+/m0/s1. The van der Waals surface area contributed by atoms with Crippen LogP contribution in [0.3, 0.4) is 0 Å². The molecule has 4 rings (SSSR count). The third kappa shape index (κ3) is 3.07. The van der Waals surface area contributed by atoms with Gasteiger partial charge in [-0.25, -0.2) is 14.4 Å². The van der Waals surface area contributed by atoms with Gasteiger partial charge in [-0.3, -0.25) is 9.48 Å². The van der Waals surface area contributed by atoms with Crippen molar-refractivity contribution in [3.8, 4) is 0 Å². The molecule has 3 atom stereocenters. The van der Waals surface area contributed by atoms with E-state index in [4.69, 9.17) is 4.74 Å². The van der Waals surface area contributed by atoms with Crippen molar-refractivity contribution in [1.29, 1.82) is 0 Å². The zero-order valence-corrected chi connectivity index (χ0v) is 13.8. The first-order chi connectivity index (χ1) is 12.1. The maximum atomic E-state index is 13.0. The smallest absolute Gasteiger partial charge is 0.269 e. The maximum absolute atomic E-state index is 13.0. The molecule has 1 amide bonds. The summed E-state index contributed by atoms with van der Waals surface area (Å²) in [6.07, 6.45) is 4.03. The molecule has 4 heterocycles. The number of ether oxygens (including phenoxy) is 1. The van der Waals surface area contributed by atoms with E-state index in [0.717, 1.165) is 6.54 Å². The van der Waals surface area contributed by atoms with Crippen LogP contribution in [0.15, 0.2) is 24.7 Å². The van der Waals surface area contributed by atoms with E-state index in [1.807, 2.05) is 4.90 Å². The number of hydrogen-bond donors (Lipinski definition) is 1. The molecule has 2 aliphatic heterocycles. The first kappa shape index (κ1) is 15.9. The number of hydrogen-bond acceptors (Lipinski definition) is 6. The molecule has 0 unspecified atom stereocenters. The van der Waals surface area contributed by atoms with Gasteiger partial charge in [0.2, 0.25) is 5.95 Å². The van der Waals surface area contributed by atoms with Crippen molar-refractivity contribution in [2.45, 2.75) is 6.10 Å². The summed E-state index contributed by atoms with van der Waals surface area (Å²) < 4.78 is 20.4. The molecular formula is C16H19FN6O2. The van der Waals surface area contributed by atoms with Gasteiger partial charge < -0.3 is 15.0 Å². The zero-order chi connectivity index (χ0) is 17.4. The SMILES string of the molecule is Cn1nccc1C(=O)NC[C@H]1CO[C@@H]2CN(c3ncc(F)cn3)C[C@H]12. The monoisotopic (exact) mass is 346 g/mol. The summed E-state index contributed by atoms with van der Waals surface area (Å²) in [7, 11) is 1.74. The third-order valence-electron chi connectivity index (χ3n) is 4.91. The molecule has 0 radical (unpaired) electrons. The molecule has 25 heavy (non-hydrogen) atoms. The van der Waals surface area contributed by atoms with Crippen molar-refractivity contribution < 1.29 is 13.9 Å². The van der Waals surface area contributed by atoms with Gasteiger partial charge in [0.25, 0.3) is 5.91 Å². The molecule has 0 aromatic carbocycles. The number of anilines is 1. The molecule has 2 fully saturated rings. The summed E-state index contributed by atoms with van der Waals surface area (Å²) in [5, 5.41) is 6.97. The second-order valence-electron chi connectivity index (χ2n) is 6.45. The Morgan fingerprint density at radius 3 is 2.92 bits per heavy atom. The molecule has 1 N–H and O–H groups in total. The predicted molar refractivity (Wildman–Crippen MR) is 86.5 cm³/mol. The molecule has 0 bridgehead atoms. The molecule has 2 aromatic rings. The Bertz CT molecular complexity index is 764. The van der Waals surface area contributed by atoms with E-state index in [1.54, 1.807) is 24.0 Å². The number of carbonyl (C=O) groups excluding carboxylic acids is 1. The molecule has 0 spiro atoms. The number of nitrogens with one attached hydrogen (secondary N) is 1. The van der Waals surface area contributed by atoms with Crippen LogP contribution in [0.25, 0.3) is 0 Å². The minimum absolute atomic E-state index is 0.0901. The number of carbonyl (C=O) groups is 1. The van der Waals surface area contributed by atoms with Crippen LogP contribution in [0.2, 0.25) is 0 Å². The van der Waals surface area contributed by atoms with Gasteiger partial charge in [0.15, 0.2) is 5.82 Å². The lowest BCUT2D eigenvalue weighted by atomic mass is 9.93. The lowest BCUT2D eigenvalue weighted by molar-refractivity contribution is 0.0930. The quantitative estimate of drug-likeness (QED) is 0.853. The van der Waals surface area contributed by atoms with Gasteiger partial charge >= 0.3 is 0 Å². The average Bonchev–Trinajstić information content (AvgIpc) is 3.29. The summed E-state index contributed by atoms with van der Waals surface area (Å²) in [6, 6.07) is 1.69. The molecule has 2 aliphatic rings. The van der Waals surface area contributed by atoms with Crippen LogP contribution in [-0.4, -0.2) is 58.0 Å². The zero-order valence-electron chi connectivity index (χ0n) is 13.8. The lowest BCUT2D eigenvalue weighted by Gasteiger charge is -2.20. The van der Waals surface area contributed by atoms with Gasteiger partial charge in [-0.2, -0.15) is 5.10 Å². The van der Waals surface area contributed by atoms with Crippen molar-refractivity contribution in [1.82, 2.24) is 25.1 Å². The van der Waals surface area contributed by atoms with Crippen LogP contribution in [0.1, 0.15) is 10.5 Å². The normalized spacial score (nSPS) is 25.2. The van der Waals surface area contributed by atoms with Crippen LogP contribution in [0, 0.1) is 17.7 Å². The lowest BCUT2D eigenvalue weighted by Crippen LogP contribution is -2.35. The highest BCUT2D eigenvalue weighted by Gasteiger charge is 2.44. The molecule has 2 aromatic heterocycles. The van der Waals surface area contributed by atoms with Gasteiger partial charge in [-0.05, 0) is 6.07 Å². The Hall–Kier alpha value is -2.55. The second-order valence-corrected chi connectivity index (χ2v) is 6.45. The van der Waals surface area contributed by atoms with E-state index >= 15 is 0 Å². The van der Waals surface area contributed by atoms with Crippen LogP contribution in [0.4, 0.5) is 10.3 Å². The Morgan fingerprint density at radius 2 is 2.20 bits per heavy atom. The summed E-state index contributed by atoms with van der Waals surface area (Å²) in [6.45, 7) is 2.59. The molecule has 0 aliphatic carbocycles. The highest BCUT2D eigenvalue weighted by Crippen LogP contribution is 2.34. The van der Waals surface area contributed by atoms with Gasteiger partial charge in [0.1, 0.15) is 5.69 Å². The van der Waals surface area contributed by atoms with E-state index in [2.05, 4.69) is 20.4 Å². The van der Waals surface area contributed by atoms with Gasteiger partial charge in [-0.1, -0.05) is 0 Å². The first-order valence-electron chi connectivity index (χ1n) is 8.22. The molecule has 2 saturated heterocycles. The Balaban J connectivity index is 1.36. The average molecular weight is 346 g/mol. The Kier molecular flexibility index (Phi) is 4.08. The van der Waals surface area contributed by atoms with E-state index in [1.165, 1.54) is 12.4 Å². The van der Waals surface area contributed by atoms with Crippen LogP contribution in [-0.2, 0) is 11.8 Å². The number of amides is 1. The number of halogens is 1. The fourth-order valence-electron chi connectivity index (χ4n) is 3.55. The first-order valence-corrected chi connectivity index (χ1v) is 8.22. The maximum Gasteiger partial charge on any atom is 0.269 e. The van der Waals surface area contributed by atoms with E-state index in [0.29, 0.717) is 37.3 Å². The van der Waals surface area contributed by atoms with E-state index in [9.17, 15) is 9.18 Å². The van der Waals surface area contributed by atoms with Crippen molar-refractivity contribution in [3.63, 3.8) is 0 Å². The van der Waals surface area contributed by atoms with Crippen molar-refractivity contribution in [2.24, 2.45) is 18.9 Å². The number of aromatic nitrogens is 4. The second kappa shape index (κ2) is 6.40. The van der Waals surface area contributed by atoms with Gasteiger partial charge in [0.05, 0.1) is 25.1 Å². The van der Waals surface area contributed by atoms with Gasteiger partial charge in [0, 0.05) is 44.7 Å². The highest BCUT2D eigenvalue weighted by molar-refractivity contribution is 5.92. The minimum atomic E-state index is -0.449. The minimum Gasteiger partial charge on any atom is -0.376 e. The molecule has 132 valence electrons. The topological polar surface area (TPSA) is 85.2 Å². The van der Waals surface area contributed by atoms with E-state index in [-0.39, 0.29) is 17.9 Å². The fourth-order valence-corrected chi connectivity index (χ4v) is 3.55.